The molecule has 0 radical (unpaired) electrons. The highest BCUT2D eigenvalue weighted by atomic mass is 16.8. The summed E-state index contributed by atoms with van der Waals surface area (Å²) < 4.78 is 50.1. The van der Waals surface area contributed by atoms with Crippen molar-refractivity contribution in [3.8, 4) is 0 Å². The molecule has 8 rings (SSSR count). The van der Waals surface area contributed by atoms with Crippen molar-refractivity contribution in [1.29, 1.82) is 0 Å². The molecule has 67 heavy (non-hydrogen) atoms. The van der Waals surface area contributed by atoms with E-state index in [1.807, 2.05) is 26.8 Å². The number of hydrogen-bond acceptors (Lipinski definition) is 19. The Morgan fingerprint density at radius 2 is 1.28 bits per heavy atom. The summed E-state index contributed by atoms with van der Waals surface area (Å²) in [6.45, 7) is 17.3. The van der Waals surface area contributed by atoms with Gasteiger partial charge in [-0.3, -0.25) is 4.79 Å². The van der Waals surface area contributed by atoms with Crippen molar-refractivity contribution in [3.63, 3.8) is 0 Å². The van der Waals surface area contributed by atoms with Gasteiger partial charge in [-0.1, -0.05) is 46.3 Å². The maximum absolute atomic E-state index is 14.2. The van der Waals surface area contributed by atoms with Crippen LogP contribution >= 0.6 is 0 Å². The van der Waals surface area contributed by atoms with Crippen molar-refractivity contribution in [2.45, 2.75) is 223 Å². The van der Waals surface area contributed by atoms with Gasteiger partial charge >= 0.3 is 5.97 Å². The fourth-order valence-corrected chi connectivity index (χ4v) is 14.7. The minimum Gasteiger partial charge on any atom is -0.459 e. The fourth-order valence-electron chi connectivity index (χ4n) is 14.7. The third-order valence-electron chi connectivity index (χ3n) is 18.8. The van der Waals surface area contributed by atoms with Gasteiger partial charge in [-0.05, 0) is 100 Å². The third-order valence-corrected chi connectivity index (χ3v) is 18.8. The maximum atomic E-state index is 14.2. The van der Waals surface area contributed by atoms with Crippen molar-refractivity contribution < 1.29 is 93.8 Å². The van der Waals surface area contributed by atoms with Gasteiger partial charge in [0.15, 0.2) is 25.2 Å². The Morgan fingerprint density at radius 1 is 0.687 bits per heavy atom. The van der Waals surface area contributed by atoms with Gasteiger partial charge in [0.1, 0.15) is 78.8 Å². The predicted octanol–water partition coefficient (Wildman–Crippen LogP) is 0.128. The number of aliphatic hydroxyl groups is 10. The minimum atomic E-state index is -1.68. The summed E-state index contributed by atoms with van der Waals surface area (Å²) in [6, 6.07) is 0. The molecule has 8 fully saturated rings. The van der Waals surface area contributed by atoms with Crippen molar-refractivity contribution in [2.24, 2.45) is 45.3 Å². The van der Waals surface area contributed by atoms with Crippen LogP contribution in [-0.2, 0) is 42.7 Å². The second kappa shape index (κ2) is 18.5. The first-order chi connectivity index (χ1) is 31.3. The zero-order valence-corrected chi connectivity index (χ0v) is 40.3. The van der Waals surface area contributed by atoms with Crippen LogP contribution in [0, 0.1) is 45.3 Å². The van der Waals surface area contributed by atoms with Gasteiger partial charge in [0, 0.05) is 11.8 Å². The summed E-state index contributed by atoms with van der Waals surface area (Å²) in [5, 5.41) is 107. The molecule has 0 aromatic heterocycles. The van der Waals surface area contributed by atoms with Crippen LogP contribution in [0.15, 0.2) is 11.6 Å². The van der Waals surface area contributed by atoms with Crippen LogP contribution in [0.2, 0.25) is 0 Å². The SMILES string of the molecule is CC(C)=CC[C@H]1OC(=O)[C@H]2[C@H]3CC[C@@H]4[C@@]5(C)CC[C@H](O[C@@H]6O[C@H](CO[C@@H]7O[C@@H](C)[C@H](O)[C@@H](O)[C@H]7O)[C@@H](O)[C@H](O)[C@H]6O)C(C)(C)[C@H]5CC[C@@]4(C)[C@]3(C)[C@@H](O[C@@H]3O[C@H](CO)[C@@H](O)[C@H](O)[C@H]3O)O[C@@]12C. The molecule has 0 unspecified atom stereocenters. The average Bonchev–Trinajstić information content (AvgIpc) is 3.52. The molecule has 0 bridgehead atoms. The molecule has 3 aliphatic carbocycles. The first-order valence-corrected chi connectivity index (χ1v) is 24.4. The lowest BCUT2D eigenvalue weighted by atomic mass is 9.34. The van der Waals surface area contributed by atoms with E-state index in [2.05, 4.69) is 34.6 Å². The molecular formula is C48H78O19. The highest BCUT2D eigenvalue weighted by molar-refractivity contribution is 5.78. The van der Waals surface area contributed by atoms with Crippen LogP contribution in [-0.4, -0.2) is 186 Å². The van der Waals surface area contributed by atoms with E-state index in [1.165, 1.54) is 6.92 Å². The Bertz CT molecular complexity index is 1810. The van der Waals surface area contributed by atoms with E-state index in [-0.39, 0.29) is 29.1 Å². The zero-order valence-electron chi connectivity index (χ0n) is 40.3. The Labute approximate surface area is 392 Å². The number of rotatable bonds is 10. The molecule has 19 nitrogen and oxygen atoms in total. The highest BCUT2D eigenvalue weighted by Crippen LogP contribution is 2.76. The first-order valence-electron chi connectivity index (χ1n) is 24.4. The summed E-state index contributed by atoms with van der Waals surface area (Å²) in [5.41, 5.74) is -2.38. The minimum absolute atomic E-state index is 0.0442. The average molecular weight is 959 g/mol. The molecule has 26 atom stereocenters. The van der Waals surface area contributed by atoms with E-state index in [1.54, 1.807) is 0 Å². The monoisotopic (exact) mass is 959 g/mol. The Hall–Kier alpha value is -1.47. The van der Waals surface area contributed by atoms with Gasteiger partial charge in [-0.15, -0.1) is 0 Å². The van der Waals surface area contributed by atoms with Crippen LogP contribution in [0.25, 0.3) is 0 Å². The van der Waals surface area contributed by atoms with Gasteiger partial charge in [-0.25, -0.2) is 0 Å². The number of carbonyl (C=O) groups is 1. The van der Waals surface area contributed by atoms with E-state index in [4.69, 9.17) is 37.9 Å². The summed E-state index contributed by atoms with van der Waals surface area (Å²) in [7, 11) is 0. The largest absolute Gasteiger partial charge is 0.459 e. The Kier molecular flexibility index (Phi) is 14.4. The number of aliphatic hydroxyl groups excluding tert-OH is 10. The standard InChI is InChI=1S/C48H78O19/c1-20(2)10-13-28-48(9)29(39(59)64-28)22-11-12-26-45(6)16-15-27(65-41-37(57)35(55)32(52)24(63-41)19-60-40-36(56)33(53)30(50)21(3)61-40)44(4,5)25(45)14-17-46(26,7)47(22,8)43(67-48)66-42-38(58)34(54)31(51)23(18-49)62-42/h10,21-38,40-43,49-58H,11-19H2,1-9H3/t21-,22+,23+,24+,25+,26+,27-,28+,29+,30-,31+,32+,33+,34-,35-,36+,37+,38+,40+,41-,42-,43-,45-,46+,47-,48-/m0/s1. The number of cyclic esters (lactones) is 1. The predicted molar refractivity (Wildman–Crippen MR) is 232 cm³/mol. The lowest BCUT2D eigenvalue weighted by Crippen LogP contribution is -2.73. The van der Waals surface area contributed by atoms with Crippen LogP contribution < -0.4 is 0 Å². The number of esters is 1. The molecule has 8 aliphatic rings. The number of ether oxygens (including phenoxy) is 8. The van der Waals surface area contributed by atoms with E-state index >= 15 is 0 Å². The van der Waals surface area contributed by atoms with E-state index in [9.17, 15) is 55.9 Å². The highest BCUT2D eigenvalue weighted by Gasteiger charge is 2.76. The number of carbonyl (C=O) groups excluding carboxylic acids is 1. The van der Waals surface area contributed by atoms with Crippen LogP contribution in [0.4, 0.5) is 0 Å². The van der Waals surface area contributed by atoms with Crippen LogP contribution in [0.1, 0.15) is 107 Å². The number of fused-ring (bicyclic) bond motifs is 7. The molecule has 3 saturated carbocycles. The lowest BCUT2D eigenvalue weighted by molar-refractivity contribution is -0.416. The number of hydrogen-bond donors (Lipinski definition) is 10. The maximum Gasteiger partial charge on any atom is 0.312 e. The molecule has 19 heteroatoms. The second-order valence-corrected chi connectivity index (χ2v) is 22.9. The van der Waals surface area contributed by atoms with E-state index < -0.39 is 152 Å². The fraction of sp³-hybridized carbons (Fsp3) is 0.938. The van der Waals surface area contributed by atoms with E-state index in [0.29, 0.717) is 32.1 Å². The van der Waals surface area contributed by atoms with Crippen molar-refractivity contribution in [3.05, 3.63) is 11.6 Å². The molecule has 5 saturated heterocycles. The lowest BCUT2D eigenvalue weighted by Gasteiger charge is -2.73. The third kappa shape index (κ3) is 8.19. The molecule has 0 spiro atoms. The van der Waals surface area contributed by atoms with Gasteiger partial charge in [-0.2, -0.15) is 0 Å². The molecule has 0 aromatic rings. The smallest absolute Gasteiger partial charge is 0.312 e. The van der Waals surface area contributed by atoms with Gasteiger partial charge in [0.25, 0.3) is 0 Å². The molecule has 5 heterocycles. The molecule has 0 amide bonds. The molecular weight excluding hydrogens is 881 g/mol. The molecule has 0 aromatic carbocycles. The Balaban J connectivity index is 1.05. The molecule has 384 valence electrons. The normalized spacial score (nSPS) is 55.1. The zero-order chi connectivity index (χ0) is 49.1. The molecule has 10 N–H and O–H groups in total. The summed E-state index contributed by atoms with van der Waals surface area (Å²) in [6.07, 6.45) is -17.6. The van der Waals surface area contributed by atoms with Gasteiger partial charge in [0.05, 0.1) is 31.3 Å². The van der Waals surface area contributed by atoms with Gasteiger partial charge < -0.3 is 89.0 Å². The van der Waals surface area contributed by atoms with E-state index in [0.717, 1.165) is 18.4 Å². The summed E-state index contributed by atoms with van der Waals surface area (Å²) >= 11 is 0. The van der Waals surface area contributed by atoms with Gasteiger partial charge in [0.2, 0.25) is 0 Å². The summed E-state index contributed by atoms with van der Waals surface area (Å²) in [4.78, 5) is 14.2. The van der Waals surface area contributed by atoms with Crippen molar-refractivity contribution in [2.75, 3.05) is 13.2 Å². The summed E-state index contributed by atoms with van der Waals surface area (Å²) in [5.74, 6) is -1.16. The first kappa shape index (κ1) is 51.9. The number of allylic oxidation sites excluding steroid dienone is 1. The second-order valence-electron chi connectivity index (χ2n) is 22.9. The van der Waals surface area contributed by atoms with Crippen molar-refractivity contribution in [1.82, 2.24) is 0 Å². The van der Waals surface area contributed by atoms with Crippen LogP contribution in [0.5, 0.6) is 0 Å². The Morgan fingerprint density at radius 3 is 1.93 bits per heavy atom. The van der Waals surface area contributed by atoms with Crippen molar-refractivity contribution >= 4 is 5.97 Å². The molecule has 5 aliphatic heterocycles. The quantitative estimate of drug-likeness (QED) is 0.0791. The van der Waals surface area contributed by atoms with Crippen LogP contribution in [0.3, 0.4) is 0 Å². The topological polar surface area (TPSA) is 293 Å².